The molecule has 98 valence electrons. The van der Waals surface area contributed by atoms with Crippen molar-refractivity contribution in [2.24, 2.45) is 5.41 Å². The molecule has 2 aliphatic carbocycles. The number of anilines is 1. The second-order valence-corrected chi connectivity index (χ2v) is 6.95. The molecule has 1 heterocycles. The second kappa shape index (κ2) is 3.12. The third kappa shape index (κ3) is 1.07. The van der Waals surface area contributed by atoms with Crippen molar-refractivity contribution < 1.29 is 0 Å². The smallest absolute Gasteiger partial charge is 0.0726 e. The highest BCUT2D eigenvalue weighted by atomic mass is 14.8. The number of para-hydroxylation sites is 1. The van der Waals surface area contributed by atoms with Crippen LogP contribution in [-0.4, -0.2) is 4.98 Å². The number of rotatable bonds is 0. The summed E-state index contributed by atoms with van der Waals surface area (Å²) in [5.74, 6) is 0.574. The zero-order chi connectivity index (χ0) is 13.4. The summed E-state index contributed by atoms with van der Waals surface area (Å²) in [6.45, 7) is 7.15. The van der Waals surface area contributed by atoms with Gasteiger partial charge in [0.25, 0.3) is 0 Å². The third-order valence-electron chi connectivity index (χ3n) is 6.07. The summed E-state index contributed by atoms with van der Waals surface area (Å²) in [6.07, 6.45) is 2.49. The average molecular weight is 252 g/mol. The van der Waals surface area contributed by atoms with Crippen LogP contribution in [0.3, 0.4) is 0 Å². The molecule has 0 unspecified atom stereocenters. The summed E-state index contributed by atoms with van der Waals surface area (Å²) in [6, 6.07) is 8.27. The Hall–Kier alpha value is -1.57. The van der Waals surface area contributed by atoms with E-state index in [-0.39, 0.29) is 10.8 Å². The minimum absolute atomic E-state index is 0.186. The lowest BCUT2D eigenvalue weighted by molar-refractivity contribution is 0.227. The number of aromatic nitrogens is 1. The Morgan fingerprint density at radius 1 is 1.21 bits per heavy atom. The van der Waals surface area contributed by atoms with Gasteiger partial charge in [-0.3, -0.25) is 4.98 Å². The van der Waals surface area contributed by atoms with Gasteiger partial charge in [0.2, 0.25) is 0 Å². The number of fused-ring (bicyclic) bond motifs is 6. The van der Waals surface area contributed by atoms with Crippen LogP contribution >= 0.6 is 0 Å². The van der Waals surface area contributed by atoms with E-state index in [1.807, 2.05) is 12.1 Å². The lowest BCUT2D eigenvalue weighted by Gasteiger charge is -2.34. The van der Waals surface area contributed by atoms with Crippen molar-refractivity contribution in [3.63, 3.8) is 0 Å². The van der Waals surface area contributed by atoms with Crippen LogP contribution in [0.25, 0.3) is 10.9 Å². The largest absolute Gasteiger partial charge is 0.398 e. The molecule has 0 radical (unpaired) electrons. The predicted molar refractivity (Wildman–Crippen MR) is 79.3 cm³/mol. The van der Waals surface area contributed by atoms with Crippen molar-refractivity contribution in [2.45, 2.75) is 44.9 Å². The molecule has 2 bridgehead atoms. The van der Waals surface area contributed by atoms with Gasteiger partial charge in [-0.25, -0.2) is 0 Å². The number of nitrogens with zero attached hydrogens (tertiary/aromatic N) is 1. The molecule has 2 heteroatoms. The van der Waals surface area contributed by atoms with E-state index < -0.39 is 0 Å². The maximum absolute atomic E-state index is 6.50. The Balaban J connectivity index is 2.14. The van der Waals surface area contributed by atoms with Crippen molar-refractivity contribution >= 4 is 16.6 Å². The summed E-state index contributed by atoms with van der Waals surface area (Å²) in [5.41, 5.74) is 11.6. The lowest BCUT2D eigenvalue weighted by atomic mass is 9.70. The molecule has 2 N–H and O–H groups in total. The Bertz CT molecular complexity index is 702. The van der Waals surface area contributed by atoms with E-state index in [1.54, 1.807) is 0 Å². The Morgan fingerprint density at radius 2 is 1.95 bits per heavy atom. The normalized spacial score (nSPS) is 30.8. The number of hydrogen-bond donors (Lipinski definition) is 1. The molecular weight excluding hydrogens is 232 g/mol. The number of benzene rings is 1. The molecular formula is C17H20N2. The van der Waals surface area contributed by atoms with Gasteiger partial charge < -0.3 is 5.73 Å². The van der Waals surface area contributed by atoms with E-state index in [0.29, 0.717) is 5.92 Å². The molecule has 0 amide bonds. The van der Waals surface area contributed by atoms with E-state index >= 15 is 0 Å². The fraction of sp³-hybridized carbons (Fsp3) is 0.471. The van der Waals surface area contributed by atoms with Crippen LogP contribution in [0.2, 0.25) is 0 Å². The van der Waals surface area contributed by atoms with Crippen LogP contribution in [0, 0.1) is 5.41 Å². The van der Waals surface area contributed by atoms with Gasteiger partial charge in [0.15, 0.2) is 0 Å². The quantitative estimate of drug-likeness (QED) is 0.770. The molecule has 1 aromatic heterocycles. The topological polar surface area (TPSA) is 38.9 Å². The molecule has 2 aromatic rings. The summed E-state index contributed by atoms with van der Waals surface area (Å²) in [5, 5.41) is 1.12. The fourth-order valence-electron chi connectivity index (χ4n) is 4.45. The van der Waals surface area contributed by atoms with Gasteiger partial charge in [-0.2, -0.15) is 0 Å². The van der Waals surface area contributed by atoms with Gasteiger partial charge >= 0.3 is 0 Å². The van der Waals surface area contributed by atoms with Crippen LogP contribution in [0.1, 0.15) is 50.8 Å². The molecule has 19 heavy (non-hydrogen) atoms. The van der Waals surface area contributed by atoms with Crippen molar-refractivity contribution in [1.82, 2.24) is 4.98 Å². The van der Waals surface area contributed by atoms with Crippen LogP contribution in [0.4, 0.5) is 5.69 Å². The van der Waals surface area contributed by atoms with Crippen LogP contribution in [0.15, 0.2) is 24.3 Å². The molecule has 0 spiro atoms. The Kier molecular flexibility index (Phi) is 1.85. The van der Waals surface area contributed by atoms with Crippen LogP contribution < -0.4 is 5.73 Å². The SMILES string of the molecule is CC1(C)[C@H]2CC[C@]1(C)c1nc3ccccc3c(N)c12. The van der Waals surface area contributed by atoms with E-state index in [0.717, 1.165) is 16.6 Å². The minimum atomic E-state index is 0.186. The first-order valence-corrected chi connectivity index (χ1v) is 7.15. The van der Waals surface area contributed by atoms with E-state index in [9.17, 15) is 0 Å². The maximum Gasteiger partial charge on any atom is 0.0726 e. The first kappa shape index (κ1) is 11.3. The van der Waals surface area contributed by atoms with E-state index in [4.69, 9.17) is 10.7 Å². The highest BCUT2D eigenvalue weighted by Gasteiger charge is 2.61. The Morgan fingerprint density at radius 3 is 2.74 bits per heavy atom. The standard InChI is InChI=1S/C17H20N2/c1-16(2)11-8-9-17(16,3)15-13(11)14(18)10-6-4-5-7-12(10)19-15/h4-7,11H,8-9H2,1-3H3,(H2,18,19)/t11-,17+/m0/s1. The molecule has 0 saturated heterocycles. The summed E-state index contributed by atoms with van der Waals surface area (Å²) >= 11 is 0. The van der Waals surface area contributed by atoms with Crippen molar-refractivity contribution in [2.75, 3.05) is 5.73 Å². The lowest BCUT2D eigenvalue weighted by Crippen LogP contribution is -2.31. The first-order chi connectivity index (χ1) is 8.97. The monoisotopic (exact) mass is 252 g/mol. The Labute approximate surface area is 114 Å². The van der Waals surface area contributed by atoms with E-state index in [1.165, 1.54) is 24.1 Å². The summed E-state index contributed by atoms with van der Waals surface area (Å²) < 4.78 is 0. The van der Waals surface area contributed by atoms with Gasteiger partial charge in [-0.05, 0) is 30.2 Å². The second-order valence-electron chi connectivity index (χ2n) is 6.95. The molecule has 0 aliphatic heterocycles. The predicted octanol–water partition coefficient (Wildman–Crippen LogP) is 3.99. The van der Waals surface area contributed by atoms with E-state index in [2.05, 4.69) is 32.9 Å². The zero-order valence-corrected chi connectivity index (χ0v) is 11.8. The van der Waals surface area contributed by atoms with Crippen molar-refractivity contribution in [3.05, 3.63) is 35.5 Å². The van der Waals surface area contributed by atoms with Crippen molar-refractivity contribution in [1.29, 1.82) is 0 Å². The average Bonchev–Trinajstić information content (AvgIpc) is 2.71. The maximum atomic E-state index is 6.50. The zero-order valence-electron chi connectivity index (χ0n) is 11.8. The van der Waals surface area contributed by atoms with Gasteiger partial charge in [0.1, 0.15) is 0 Å². The fourth-order valence-corrected chi connectivity index (χ4v) is 4.45. The molecule has 2 nitrogen and oxygen atoms in total. The highest BCUT2D eigenvalue weighted by Crippen LogP contribution is 2.68. The number of nitrogen functional groups attached to an aromatic ring is 1. The van der Waals surface area contributed by atoms with Gasteiger partial charge in [-0.1, -0.05) is 39.0 Å². The molecule has 2 atom stereocenters. The molecule has 2 aliphatic rings. The molecule has 1 fully saturated rings. The van der Waals surface area contributed by atoms with Crippen LogP contribution in [0.5, 0.6) is 0 Å². The van der Waals surface area contributed by atoms with Crippen molar-refractivity contribution in [3.8, 4) is 0 Å². The first-order valence-electron chi connectivity index (χ1n) is 7.15. The highest BCUT2D eigenvalue weighted by molar-refractivity contribution is 5.93. The van der Waals surface area contributed by atoms with Gasteiger partial charge in [-0.15, -0.1) is 0 Å². The van der Waals surface area contributed by atoms with Gasteiger partial charge in [0, 0.05) is 22.1 Å². The van der Waals surface area contributed by atoms with Gasteiger partial charge in [0.05, 0.1) is 11.2 Å². The number of pyridine rings is 1. The molecule has 1 aromatic carbocycles. The number of nitrogens with two attached hydrogens (primary N) is 1. The van der Waals surface area contributed by atoms with Crippen LogP contribution in [-0.2, 0) is 5.41 Å². The number of hydrogen-bond acceptors (Lipinski definition) is 2. The minimum Gasteiger partial charge on any atom is -0.398 e. The summed E-state index contributed by atoms with van der Waals surface area (Å²) in [4.78, 5) is 4.99. The molecule has 1 saturated carbocycles. The molecule has 4 rings (SSSR count). The summed E-state index contributed by atoms with van der Waals surface area (Å²) in [7, 11) is 0. The third-order valence-corrected chi connectivity index (χ3v) is 6.07.